The molecule has 1 aromatic carbocycles. The third kappa shape index (κ3) is 5.21. The predicted molar refractivity (Wildman–Crippen MR) is 83.8 cm³/mol. The molecule has 0 heterocycles. The highest BCUT2D eigenvalue weighted by Crippen LogP contribution is 2.19. The number of hydrogen-bond acceptors (Lipinski definition) is 2. The van der Waals surface area contributed by atoms with Gasteiger partial charge < -0.3 is 16.0 Å². The highest BCUT2D eigenvalue weighted by atomic mass is 79.9. The summed E-state index contributed by atoms with van der Waals surface area (Å²) >= 11 is 3.36. The molecule has 6 heteroatoms. The maximum Gasteiger partial charge on any atom is 0.319 e. The van der Waals surface area contributed by atoms with Crippen LogP contribution in [0.4, 0.5) is 10.5 Å². The first-order chi connectivity index (χ1) is 9.43. The van der Waals surface area contributed by atoms with Crippen LogP contribution < -0.4 is 16.0 Å². The van der Waals surface area contributed by atoms with E-state index in [1.54, 1.807) is 13.0 Å². The molecule has 1 aromatic rings. The van der Waals surface area contributed by atoms with E-state index in [-0.39, 0.29) is 5.91 Å². The molecule has 3 N–H and O–H groups in total. The number of urea groups is 1. The molecule has 3 amide bonds. The van der Waals surface area contributed by atoms with Crippen molar-refractivity contribution in [3.05, 3.63) is 28.2 Å². The number of benzene rings is 1. The van der Waals surface area contributed by atoms with Crippen LogP contribution in [-0.2, 0) is 4.79 Å². The van der Waals surface area contributed by atoms with E-state index in [4.69, 9.17) is 0 Å². The van der Waals surface area contributed by atoms with Crippen molar-refractivity contribution in [2.24, 2.45) is 0 Å². The minimum Gasteiger partial charge on any atom is -0.354 e. The Morgan fingerprint density at radius 2 is 2.05 bits per heavy atom. The van der Waals surface area contributed by atoms with Crippen molar-refractivity contribution in [3.8, 4) is 0 Å². The molecule has 0 aromatic heterocycles. The van der Waals surface area contributed by atoms with Crippen LogP contribution in [0.3, 0.4) is 0 Å². The second-order valence-corrected chi connectivity index (χ2v) is 5.49. The lowest BCUT2D eigenvalue weighted by molar-refractivity contribution is -0.122. The number of aryl methyl sites for hydroxylation is 1. The summed E-state index contributed by atoms with van der Waals surface area (Å²) in [5.74, 6) is -0.186. The van der Waals surface area contributed by atoms with Crippen LogP contribution in [0.2, 0.25) is 0 Å². The van der Waals surface area contributed by atoms with Gasteiger partial charge in [-0.05, 0) is 44.0 Å². The first kappa shape index (κ1) is 16.5. The summed E-state index contributed by atoms with van der Waals surface area (Å²) in [4.78, 5) is 23.5. The minimum absolute atomic E-state index is 0.186. The third-order valence-corrected chi connectivity index (χ3v) is 3.22. The summed E-state index contributed by atoms with van der Waals surface area (Å²) in [7, 11) is 0. The maximum atomic E-state index is 11.8. The molecule has 0 aliphatic carbocycles. The summed E-state index contributed by atoms with van der Waals surface area (Å²) in [5.41, 5.74) is 1.66. The molecule has 0 fully saturated rings. The van der Waals surface area contributed by atoms with Gasteiger partial charge in [-0.15, -0.1) is 0 Å². The molecule has 1 atom stereocenters. The van der Waals surface area contributed by atoms with Crippen LogP contribution >= 0.6 is 15.9 Å². The fraction of sp³-hybridized carbons (Fsp3) is 0.429. The minimum atomic E-state index is -0.572. The largest absolute Gasteiger partial charge is 0.354 e. The average Bonchev–Trinajstić information content (AvgIpc) is 2.39. The number of anilines is 1. The molecule has 0 spiro atoms. The van der Waals surface area contributed by atoms with E-state index in [0.717, 1.165) is 16.5 Å². The molecule has 0 saturated heterocycles. The van der Waals surface area contributed by atoms with E-state index in [9.17, 15) is 9.59 Å². The highest BCUT2D eigenvalue weighted by molar-refractivity contribution is 9.10. The van der Waals surface area contributed by atoms with Gasteiger partial charge in [0.25, 0.3) is 0 Å². The van der Waals surface area contributed by atoms with Crippen molar-refractivity contribution in [2.75, 3.05) is 11.9 Å². The van der Waals surface area contributed by atoms with Crippen molar-refractivity contribution in [1.29, 1.82) is 0 Å². The summed E-state index contributed by atoms with van der Waals surface area (Å²) in [6.07, 6.45) is 0.864. The molecule has 110 valence electrons. The van der Waals surface area contributed by atoms with Crippen LogP contribution in [0.25, 0.3) is 0 Å². The van der Waals surface area contributed by atoms with E-state index >= 15 is 0 Å². The zero-order chi connectivity index (χ0) is 15.1. The van der Waals surface area contributed by atoms with Gasteiger partial charge in [0.2, 0.25) is 5.91 Å². The second kappa shape index (κ2) is 7.89. The summed E-state index contributed by atoms with van der Waals surface area (Å²) in [6.45, 7) is 6.14. The SMILES string of the molecule is CCCNC(=O)[C@H](C)NC(=O)Nc1ccc(Br)cc1C. The van der Waals surface area contributed by atoms with E-state index in [1.807, 2.05) is 26.0 Å². The Labute approximate surface area is 127 Å². The molecule has 20 heavy (non-hydrogen) atoms. The Bertz CT molecular complexity index is 491. The van der Waals surface area contributed by atoms with Crippen LogP contribution in [0.15, 0.2) is 22.7 Å². The molecule has 0 radical (unpaired) electrons. The number of carbonyl (C=O) groups is 2. The first-order valence-electron chi connectivity index (χ1n) is 6.55. The van der Waals surface area contributed by atoms with E-state index in [2.05, 4.69) is 31.9 Å². The van der Waals surface area contributed by atoms with Gasteiger partial charge in [-0.2, -0.15) is 0 Å². The fourth-order valence-corrected chi connectivity index (χ4v) is 2.06. The number of hydrogen-bond donors (Lipinski definition) is 3. The normalized spacial score (nSPS) is 11.6. The van der Waals surface area contributed by atoms with Crippen molar-refractivity contribution in [2.45, 2.75) is 33.2 Å². The molecule has 0 aliphatic heterocycles. The Morgan fingerprint density at radius 1 is 1.35 bits per heavy atom. The second-order valence-electron chi connectivity index (χ2n) is 4.57. The Morgan fingerprint density at radius 3 is 2.65 bits per heavy atom. The van der Waals surface area contributed by atoms with Crippen molar-refractivity contribution in [1.82, 2.24) is 10.6 Å². The number of amides is 3. The standard InChI is InChI=1S/C14H20BrN3O2/c1-4-7-16-13(19)10(3)17-14(20)18-12-6-5-11(15)8-9(12)2/h5-6,8,10H,4,7H2,1-3H3,(H,16,19)(H2,17,18,20)/t10-/m0/s1. The Hall–Kier alpha value is -1.56. The lowest BCUT2D eigenvalue weighted by atomic mass is 10.2. The predicted octanol–water partition coefficient (Wildman–Crippen LogP) is 2.79. The molecule has 0 aliphatic rings. The van der Waals surface area contributed by atoms with Crippen molar-refractivity contribution < 1.29 is 9.59 Å². The number of nitrogens with one attached hydrogen (secondary N) is 3. The van der Waals surface area contributed by atoms with E-state index in [0.29, 0.717) is 12.2 Å². The fourth-order valence-electron chi connectivity index (χ4n) is 1.59. The van der Waals surface area contributed by atoms with Gasteiger partial charge in [-0.3, -0.25) is 4.79 Å². The molecular formula is C14H20BrN3O2. The lowest BCUT2D eigenvalue weighted by Crippen LogP contribution is -2.46. The molecule has 0 bridgehead atoms. The van der Waals surface area contributed by atoms with Gasteiger partial charge >= 0.3 is 6.03 Å². The first-order valence-corrected chi connectivity index (χ1v) is 7.34. The quantitative estimate of drug-likeness (QED) is 0.770. The van der Waals surface area contributed by atoms with Gasteiger partial charge in [0, 0.05) is 16.7 Å². The highest BCUT2D eigenvalue weighted by Gasteiger charge is 2.15. The summed E-state index contributed by atoms with van der Waals surface area (Å²) < 4.78 is 0.952. The zero-order valence-corrected chi connectivity index (χ0v) is 13.5. The Balaban J connectivity index is 2.52. The smallest absolute Gasteiger partial charge is 0.319 e. The number of halogens is 1. The van der Waals surface area contributed by atoms with E-state index in [1.165, 1.54) is 0 Å². The van der Waals surface area contributed by atoms with Gasteiger partial charge in [0.15, 0.2) is 0 Å². The summed E-state index contributed by atoms with van der Waals surface area (Å²) in [6, 6.07) is 4.60. The van der Waals surface area contributed by atoms with Crippen molar-refractivity contribution in [3.63, 3.8) is 0 Å². The number of rotatable bonds is 5. The molecular weight excluding hydrogens is 322 g/mol. The molecule has 5 nitrogen and oxygen atoms in total. The van der Waals surface area contributed by atoms with Crippen LogP contribution in [0.5, 0.6) is 0 Å². The third-order valence-electron chi connectivity index (χ3n) is 2.73. The van der Waals surface area contributed by atoms with Gasteiger partial charge in [0.1, 0.15) is 6.04 Å². The van der Waals surface area contributed by atoms with Crippen LogP contribution in [-0.4, -0.2) is 24.5 Å². The van der Waals surface area contributed by atoms with E-state index < -0.39 is 12.1 Å². The monoisotopic (exact) mass is 341 g/mol. The van der Waals surface area contributed by atoms with Crippen LogP contribution in [0, 0.1) is 6.92 Å². The summed E-state index contributed by atoms with van der Waals surface area (Å²) in [5, 5.41) is 8.07. The topological polar surface area (TPSA) is 70.2 Å². The zero-order valence-electron chi connectivity index (χ0n) is 11.9. The molecule has 0 saturated carbocycles. The molecule has 0 unspecified atom stereocenters. The van der Waals surface area contributed by atoms with Gasteiger partial charge in [-0.1, -0.05) is 22.9 Å². The lowest BCUT2D eigenvalue weighted by Gasteiger charge is -2.15. The van der Waals surface area contributed by atoms with Crippen LogP contribution in [0.1, 0.15) is 25.8 Å². The van der Waals surface area contributed by atoms with Gasteiger partial charge in [0.05, 0.1) is 0 Å². The Kier molecular flexibility index (Phi) is 6.51. The number of carbonyl (C=O) groups excluding carboxylic acids is 2. The van der Waals surface area contributed by atoms with Gasteiger partial charge in [-0.25, -0.2) is 4.79 Å². The maximum absolute atomic E-state index is 11.8. The van der Waals surface area contributed by atoms with Crippen molar-refractivity contribution >= 4 is 33.6 Å². The molecule has 1 rings (SSSR count). The average molecular weight is 342 g/mol.